The van der Waals surface area contributed by atoms with Crippen LogP contribution >= 0.6 is 11.3 Å². The van der Waals surface area contributed by atoms with E-state index in [0.29, 0.717) is 41.5 Å². The molecule has 0 fully saturated rings. The highest BCUT2D eigenvalue weighted by Gasteiger charge is 2.18. The molecule has 1 aromatic carbocycles. The van der Waals surface area contributed by atoms with Gasteiger partial charge in [-0.3, -0.25) is 19.9 Å². The number of benzene rings is 1. The lowest BCUT2D eigenvalue weighted by atomic mass is 10.2. The molecule has 0 unspecified atom stereocenters. The molecule has 0 aliphatic rings. The van der Waals surface area contributed by atoms with Gasteiger partial charge in [-0.05, 0) is 48.4 Å². The van der Waals surface area contributed by atoms with Gasteiger partial charge in [-0.2, -0.15) is 0 Å². The third kappa shape index (κ3) is 4.76. The summed E-state index contributed by atoms with van der Waals surface area (Å²) in [4.78, 5) is 41.2. The van der Waals surface area contributed by atoms with Gasteiger partial charge in [-0.25, -0.2) is 9.97 Å². The van der Waals surface area contributed by atoms with Crippen molar-refractivity contribution in [1.29, 1.82) is 0 Å². The van der Waals surface area contributed by atoms with Crippen LogP contribution in [0.5, 0.6) is 0 Å². The van der Waals surface area contributed by atoms with Gasteiger partial charge in [0, 0.05) is 38.1 Å². The summed E-state index contributed by atoms with van der Waals surface area (Å²) >= 11 is 1.32. The van der Waals surface area contributed by atoms with Crippen LogP contribution in [0.25, 0.3) is 21.7 Å². The highest BCUT2D eigenvalue weighted by Crippen LogP contribution is 2.29. The normalized spacial score (nSPS) is 11.1. The van der Waals surface area contributed by atoms with E-state index in [1.54, 1.807) is 30.4 Å². The van der Waals surface area contributed by atoms with Crippen molar-refractivity contribution in [3.8, 4) is 10.6 Å². The number of nitrogens with one attached hydrogen (secondary N) is 1. The van der Waals surface area contributed by atoms with Gasteiger partial charge in [0.1, 0.15) is 0 Å². The fourth-order valence-electron chi connectivity index (χ4n) is 3.91. The minimum Gasteiger partial charge on any atom is -0.443 e. The smallest absolute Gasteiger partial charge is 0.268 e. The topological polar surface area (TPSA) is 106 Å². The van der Waals surface area contributed by atoms with E-state index in [9.17, 15) is 9.59 Å². The van der Waals surface area contributed by atoms with Gasteiger partial charge in [-0.1, -0.05) is 13.0 Å². The van der Waals surface area contributed by atoms with E-state index in [0.717, 1.165) is 21.6 Å². The van der Waals surface area contributed by atoms with Gasteiger partial charge in [0.15, 0.2) is 12.2 Å². The number of hydrogen-bond donors (Lipinski definition) is 1. The molecule has 4 heterocycles. The Kier molecular flexibility index (Phi) is 6.59. The number of anilines is 2. The third-order valence-electron chi connectivity index (χ3n) is 5.87. The molecule has 0 bridgehead atoms. The summed E-state index contributed by atoms with van der Waals surface area (Å²) in [6.07, 6.45) is 7.67. The molecule has 0 spiro atoms. The number of nitrogens with zero attached hydrogens (tertiary/aromatic N) is 5. The minimum atomic E-state index is -0.262. The Morgan fingerprint density at radius 3 is 2.78 bits per heavy atom. The fraction of sp³-hybridized carbons (Fsp3) is 0.192. The third-order valence-corrected chi connectivity index (χ3v) is 6.97. The first kappa shape index (κ1) is 23.4. The van der Waals surface area contributed by atoms with E-state index in [4.69, 9.17) is 9.40 Å². The van der Waals surface area contributed by atoms with E-state index in [2.05, 4.69) is 15.3 Å². The van der Waals surface area contributed by atoms with E-state index in [1.807, 2.05) is 54.1 Å². The lowest BCUT2D eigenvalue weighted by Crippen LogP contribution is -2.24. The summed E-state index contributed by atoms with van der Waals surface area (Å²) in [5.41, 5.74) is 3.39. The minimum absolute atomic E-state index is 0.0131. The second kappa shape index (κ2) is 10.1. The SMILES string of the molecule is CCC(=O)N(C)c1ccc2c(c1)nc(NC(=O)c1ccc(-c3cnco3)s1)n2CCc1cccnc1. The number of oxazole rings is 1. The number of amides is 2. The van der Waals surface area contributed by atoms with Crippen LogP contribution in [0.2, 0.25) is 0 Å². The van der Waals surface area contributed by atoms with Crippen LogP contribution in [0.4, 0.5) is 11.6 Å². The van der Waals surface area contributed by atoms with E-state index < -0.39 is 0 Å². The summed E-state index contributed by atoms with van der Waals surface area (Å²) in [6.45, 7) is 2.42. The van der Waals surface area contributed by atoms with Gasteiger partial charge in [-0.15, -0.1) is 11.3 Å². The molecule has 0 atom stereocenters. The molecule has 4 aromatic heterocycles. The largest absolute Gasteiger partial charge is 0.443 e. The van der Waals surface area contributed by atoms with E-state index >= 15 is 0 Å². The van der Waals surface area contributed by atoms with Crippen molar-refractivity contribution in [2.24, 2.45) is 0 Å². The lowest BCUT2D eigenvalue weighted by molar-refractivity contribution is -0.118. The number of hydrogen-bond acceptors (Lipinski definition) is 7. The summed E-state index contributed by atoms with van der Waals surface area (Å²) in [5, 5.41) is 2.97. The van der Waals surface area contributed by atoms with Crippen LogP contribution in [0.15, 0.2) is 71.9 Å². The van der Waals surface area contributed by atoms with Crippen molar-refractivity contribution in [3.63, 3.8) is 0 Å². The first-order chi connectivity index (χ1) is 17.5. The lowest BCUT2D eigenvalue weighted by Gasteiger charge is -2.16. The molecule has 1 N–H and O–H groups in total. The second-order valence-corrected chi connectivity index (χ2v) is 9.25. The second-order valence-electron chi connectivity index (χ2n) is 8.16. The number of fused-ring (bicyclic) bond motifs is 1. The Balaban J connectivity index is 1.46. The van der Waals surface area contributed by atoms with Crippen LogP contribution in [0.1, 0.15) is 28.6 Å². The quantitative estimate of drug-likeness (QED) is 0.321. The predicted octanol–water partition coefficient (Wildman–Crippen LogP) is 5.02. The fourth-order valence-corrected chi connectivity index (χ4v) is 4.76. The van der Waals surface area contributed by atoms with Gasteiger partial charge in [0.25, 0.3) is 5.91 Å². The van der Waals surface area contributed by atoms with Crippen molar-refractivity contribution >= 4 is 45.8 Å². The van der Waals surface area contributed by atoms with Gasteiger partial charge in [0.2, 0.25) is 11.9 Å². The maximum absolute atomic E-state index is 13.1. The molecule has 0 saturated heterocycles. The zero-order chi connectivity index (χ0) is 25.1. The first-order valence-electron chi connectivity index (χ1n) is 11.5. The zero-order valence-electron chi connectivity index (χ0n) is 19.8. The van der Waals surface area contributed by atoms with Crippen molar-refractivity contribution in [1.82, 2.24) is 19.5 Å². The molecule has 0 saturated carbocycles. The number of thiophene rings is 1. The standard InChI is InChI=1S/C26H24N6O3S/c1-3-24(33)31(2)18-6-7-20-19(13-18)29-26(32(20)12-10-17-5-4-11-27-14-17)30-25(34)23-9-8-22(36-23)21-15-28-16-35-21/h4-9,11,13-16H,3,10,12H2,1-2H3,(H,29,30,34). The van der Waals surface area contributed by atoms with Gasteiger partial charge in [0.05, 0.1) is 27.0 Å². The van der Waals surface area contributed by atoms with Crippen LogP contribution in [-0.4, -0.2) is 38.4 Å². The van der Waals surface area contributed by atoms with Crippen LogP contribution < -0.4 is 10.2 Å². The molecular formula is C26H24N6O3S. The molecule has 5 rings (SSSR count). The van der Waals surface area contributed by atoms with Crippen LogP contribution in [0.3, 0.4) is 0 Å². The predicted molar refractivity (Wildman–Crippen MR) is 139 cm³/mol. The van der Waals surface area contributed by atoms with Crippen LogP contribution in [-0.2, 0) is 17.8 Å². The molecule has 0 radical (unpaired) electrons. The summed E-state index contributed by atoms with van der Waals surface area (Å²) in [7, 11) is 1.75. The molecule has 5 aromatic rings. The number of carbonyl (C=O) groups is 2. The number of pyridine rings is 1. The Morgan fingerprint density at radius 2 is 2.03 bits per heavy atom. The number of aromatic nitrogens is 4. The van der Waals surface area contributed by atoms with Gasteiger partial charge >= 0.3 is 0 Å². The van der Waals surface area contributed by atoms with Crippen molar-refractivity contribution in [3.05, 3.63) is 77.9 Å². The number of rotatable bonds is 8. The zero-order valence-corrected chi connectivity index (χ0v) is 20.7. The monoisotopic (exact) mass is 500 g/mol. The molecule has 182 valence electrons. The average Bonchev–Trinajstić information content (AvgIpc) is 3.67. The number of imidazole rings is 1. The van der Waals surface area contributed by atoms with E-state index in [1.165, 1.54) is 17.7 Å². The average molecular weight is 501 g/mol. The molecule has 9 nitrogen and oxygen atoms in total. The Bertz CT molecular complexity index is 1510. The maximum atomic E-state index is 13.1. The van der Waals surface area contributed by atoms with Crippen molar-refractivity contribution in [2.75, 3.05) is 17.3 Å². The molecule has 2 amide bonds. The van der Waals surface area contributed by atoms with Crippen molar-refractivity contribution in [2.45, 2.75) is 26.3 Å². The van der Waals surface area contributed by atoms with E-state index in [-0.39, 0.29) is 11.8 Å². The van der Waals surface area contributed by atoms with Crippen molar-refractivity contribution < 1.29 is 14.0 Å². The highest BCUT2D eigenvalue weighted by atomic mass is 32.1. The Labute approximate surface area is 211 Å². The first-order valence-corrected chi connectivity index (χ1v) is 12.3. The Hall–Kier alpha value is -4.31. The number of aryl methyl sites for hydroxylation is 2. The number of carbonyl (C=O) groups excluding carboxylic acids is 2. The van der Waals surface area contributed by atoms with Crippen LogP contribution in [0, 0.1) is 0 Å². The summed E-state index contributed by atoms with van der Waals surface area (Å²) in [5.74, 6) is 0.803. The maximum Gasteiger partial charge on any atom is 0.268 e. The molecule has 10 heteroatoms. The van der Waals surface area contributed by atoms with Gasteiger partial charge < -0.3 is 13.9 Å². The summed E-state index contributed by atoms with van der Waals surface area (Å²) in [6, 6.07) is 13.2. The molecular weight excluding hydrogens is 476 g/mol. The Morgan fingerprint density at radius 1 is 1.14 bits per heavy atom. The molecule has 0 aliphatic heterocycles. The molecule has 36 heavy (non-hydrogen) atoms. The summed E-state index contributed by atoms with van der Waals surface area (Å²) < 4.78 is 7.32. The highest BCUT2D eigenvalue weighted by molar-refractivity contribution is 7.17. The molecule has 0 aliphatic carbocycles.